The van der Waals surface area contributed by atoms with Crippen LogP contribution in [0.3, 0.4) is 0 Å². The van der Waals surface area contributed by atoms with Gasteiger partial charge in [-0.25, -0.2) is 4.79 Å². The predicted molar refractivity (Wildman–Crippen MR) is 111 cm³/mol. The predicted octanol–water partition coefficient (Wildman–Crippen LogP) is 3.85. The summed E-state index contributed by atoms with van der Waals surface area (Å²) in [6.45, 7) is 0. The molecule has 0 bridgehead atoms. The van der Waals surface area contributed by atoms with Crippen LogP contribution in [0.4, 0.5) is 5.69 Å². The van der Waals surface area contributed by atoms with Crippen molar-refractivity contribution in [3.05, 3.63) is 90.0 Å². The average molecular weight is 414 g/mol. The highest BCUT2D eigenvalue weighted by atomic mass is 32.3. The topological polar surface area (TPSA) is 136 Å². The summed E-state index contributed by atoms with van der Waals surface area (Å²) in [5.74, 6) is -0.941. The van der Waals surface area contributed by atoms with Gasteiger partial charge in [-0.3, -0.25) is 14.5 Å². The molecular formula is C20H18N2O6S. The molecule has 3 aromatic carbocycles. The van der Waals surface area contributed by atoms with Crippen LogP contribution in [0.1, 0.15) is 15.9 Å². The summed E-state index contributed by atoms with van der Waals surface area (Å²) in [5.41, 5.74) is 7.18. The number of aromatic carboxylic acids is 1. The minimum absolute atomic E-state index is 0.251. The van der Waals surface area contributed by atoms with Crippen LogP contribution < -0.4 is 5.43 Å². The van der Waals surface area contributed by atoms with E-state index in [2.05, 4.69) is 34.8 Å². The minimum atomic E-state index is -4.67. The van der Waals surface area contributed by atoms with Crippen LogP contribution in [0.15, 0.2) is 84.0 Å². The third kappa shape index (κ3) is 8.35. The van der Waals surface area contributed by atoms with Crippen molar-refractivity contribution in [2.45, 2.75) is 0 Å². The lowest BCUT2D eigenvalue weighted by atomic mass is 10.0. The molecule has 0 aliphatic heterocycles. The van der Waals surface area contributed by atoms with Crippen LogP contribution in [0.25, 0.3) is 11.1 Å². The largest absolute Gasteiger partial charge is 0.478 e. The van der Waals surface area contributed by atoms with E-state index in [0.29, 0.717) is 0 Å². The maximum atomic E-state index is 10.8. The number of nitrogens with zero attached hydrogens (tertiary/aromatic N) is 1. The number of hydrogen-bond acceptors (Lipinski definition) is 5. The Hall–Kier alpha value is -3.53. The normalized spacial score (nSPS) is 10.8. The Balaban J connectivity index is 0.000000537. The first-order valence-electron chi connectivity index (χ1n) is 8.20. The Morgan fingerprint density at radius 2 is 1.34 bits per heavy atom. The molecule has 0 heterocycles. The van der Waals surface area contributed by atoms with Crippen molar-refractivity contribution in [3.63, 3.8) is 0 Å². The van der Waals surface area contributed by atoms with Crippen molar-refractivity contribution in [3.8, 4) is 11.1 Å². The van der Waals surface area contributed by atoms with Crippen molar-refractivity contribution >= 4 is 28.3 Å². The van der Waals surface area contributed by atoms with Gasteiger partial charge in [-0.1, -0.05) is 54.6 Å². The summed E-state index contributed by atoms with van der Waals surface area (Å²) < 4.78 is 31.6. The van der Waals surface area contributed by atoms with Crippen molar-refractivity contribution in [1.29, 1.82) is 0 Å². The summed E-state index contributed by atoms with van der Waals surface area (Å²) in [7, 11) is -4.67. The van der Waals surface area contributed by atoms with E-state index >= 15 is 0 Å². The molecule has 9 heteroatoms. The number of benzene rings is 3. The summed E-state index contributed by atoms with van der Waals surface area (Å²) in [6.07, 6.45) is 1.72. The van der Waals surface area contributed by atoms with Crippen LogP contribution in [0.2, 0.25) is 0 Å². The average Bonchev–Trinajstić information content (AvgIpc) is 2.68. The summed E-state index contributed by atoms with van der Waals surface area (Å²) in [4.78, 5) is 10.8. The number of anilines is 1. The Kier molecular flexibility index (Phi) is 7.61. The number of carboxylic acids is 1. The van der Waals surface area contributed by atoms with Crippen molar-refractivity contribution in [2.24, 2.45) is 5.10 Å². The standard InChI is InChI=1S/C20H16N2O2.H2O4S/c23-20(24)18-10-12-19(13-11-18)22-21-14-15-6-8-17(9-7-15)16-4-2-1-3-5-16;1-5(2,3)4/h1-14,22H,(H,23,24);(H2,1,2,3,4). The highest BCUT2D eigenvalue weighted by molar-refractivity contribution is 7.79. The number of hydrogen-bond donors (Lipinski definition) is 4. The first kappa shape index (κ1) is 21.8. The monoisotopic (exact) mass is 414 g/mol. The van der Waals surface area contributed by atoms with Gasteiger partial charge in [0, 0.05) is 0 Å². The molecule has 0 radical (unpaired) electrons. The first-order valence-corrected chi connectivity index (χ1v) is 9.60. The lowest BCUT2D eigenvalue weighted by Crippen LogP contribution is -1.96. The van der Waals surface area contributed by atoms with E-state index in [-0.39, 0.29) is 5.56 Å². The molecule has 0 aromatic heterocycles. The number of rotatable bonds is 5. The molecule has 0 saturated carbocycles. The summed E-state index contributed by atoms with van der Waals surface area (Å²) >= 11 is 0. The smallest absolute Gasteiger partial charge is 0.394 e. The molecule has 0 unspecified atom stereocenters. The quantitative estimate of drug-likeness (QED) is 0.283. The first-order chi connectivity index (χ1) is 13.7. The van der Waals surface area contributed by atoms with Gasteiger partial charge in [-0.15, -0.1) is 0 Å². The lowest BCUT2D eigenvalue weighted by molar-refractivity contribution is 0.0697. The number of carbonyl (C=O) groups is 1. The van der Waals surface area contributed by atoms with E-state index in [1.165, 1.54) is 17.7 Å². The molecule has 0 fully saturated rings. The zero-order valence-electron chi connectivity index (χ0n) is 15.0. The maximum absolute atomic E-state index is 10.8. The fraction of sp³-hybridized carbons (Fsp3) is 0. The highest BCUT2D eigenvalue weighted by Gasteiger charge is 2.00. The fourth-order valence-electron chi connectivity index (χ4n) is 2.26. The molecule has 3 aromatic rings. The lowest BCUT2D eigenvalue weighted by Gasteiger charge is -2.02. The highest BCUT2D eigenvalue weighted by Crippen LogP contribution is 2.18. The van der Waals surface area contributed by atoms with E-state index in [1.807, 2.05) is 30.3 Å². The van der Waals surface area contributed by atoms with Crippen LogP contribution in [-0.4, -0.2) is 34.8 Å². The molecule has 0 spiro atoms. The van der Waals surface area contributed by atoms with E-state index in [9.17, 15) is 4.79 Å². The SMILES string of the molecule is O=C(O)c1ccc(NN=Cc2ccc(-c3ccccc3)cc2)cc1.O=S(=O)(O)O. The van der Waals surface area contributed by atoms with Gasteiger partial charge in [0.1, 0.15) is 0 Å². The molecule has 0 aliphatic rings. The Morgan fingerprint density at radius 3 is 1.86 bits per heavy atom. The molecule has 0 saturated heterocycles. The van der Waals surface area contributed by atoms with Crippen molar-refractivity contribution < 1.29 is 27.4 Å². The van der Waals surface area contributed by atoms with Crippen LogP contribution >= 0.6 is 0 Å². The van der Waals surface area contributed by atoms with Gasteiger partial charge in [-0.05, 0) is 41.0 Å². The third-order valence-electron chi connectivity index (χ3n) is 3.56. The fourth-order valence-corrected chi connectivity index (χ4v) is 2.26. The Bertz CT molecular complexity index is 1060. The molecular weight excluding hydrogens is 396 g/mol. The van der Waals surface area contributed by atoms with E-state index in [0.717, 1.165) is 16.8 Å². The number of nitrogens with one attached hydrogen (secondary N) is 1. The van der Waals surface area contributed by atoms with E-state index in [4.69, 9.17) is 22.6 Å². The molecule has 0 atom stereocenters. The van der Waals surface area contributed by atoms with Gasteiger partial charge in [0.05, 0.1) is 17.5 Å². The van der Waals surface area contributed by atoms with Gasteiger partial charge >= 0.3 is 16.4 Å². The summed E-state index contributed by atoms with van der Waals surface area (Å²) in [5, 5.41) is 13.0. The van der Waals surface area contributed by atoms with Gasteiger partial charge in [-0.2, -0.15) is 13.5 Å². The zero-order valence-corrected chi connectivity index (χ0v) is 15.8. The Morgan fingerprint density at radius 1 is 0.828 bits per heavy atom. The number of carboxylic acid groups (broad SMARTS) is 1. The van der Waals surface area contributed by atoms with Crippen LogP contribution in [0.5, 0.6) is 0 Å². The second-order valence-electron chi connectivity index (χ2n) is 5.69. The molecule has 29 heavy (non-hydrogen) atoms. The second kappa shape index (κ2) is 10.1. The number of hydrazone groups is 1. The molecule has 0 aliphatic carbocycles. The third-order valence-corrected chi connectivity index (χ3v) is 3.56. The van der Waals surface area contributed by atoms with Gasteiger partial charge in [0.15, 0.2) is 0 Å². The molecule has 150 valence electrons. The van der Waals surface area contributed by atoms with E-state index < -0.39 is 16.4 Å². The zero-order chi connectivity index (χ0) is 21.3. The van der Waals surface area contributed by atoms with Gasteiger partial charge in [0.2, 0.25) is 0 Å². The summed E-state index contributed by atoms with van der Waals surface area (Å²) in [6, 6.07) is 24.7. The molecule has 4 N–H and O–H groups in total. The van der Waals surface area contributed by atoms with E-state index in [1.54, 1.807) is 18.3 Å². The van der Waals surface area contributed by atoms with Gasteiger partial charge < -0.3 is 5.11 Å². The van der Waals surface area contributed by atoms with Crippen LogP contribution in [0, 0.1) is 0 Å². The van der Waals surface area contributed by atoms with Crippen molar-refractivity contribution in [2.75, 3.05) is 5.43 Å². The maximum Gasteiger partial charge on any atom is 0.394 e. The Labute approximate surface area is 167 Å². The second-order valence-corrected chi connectivity index (χ2v) is 6.58. The van der Waals surface area contributed by atoms with Gasteiger partial charge in [0.25, 0.3) is 0 Å². The molecule has 3 rings (SSSR count). The van der Waals surface area contributed by atoms with Crippen LogP contribution in [-0.2, 0) is 10.4 Å². The molecule has 0 amide bonds. The molecule has 8 nitrogen and oxygen atoms in total. The minimum Gasteiger partial charge on any atom is -0.478 e. The van der Waals surface area contributed by atoms with Crippen molar-refractivity contribution in [1.82, 2.24) is 0 Å².